The predicted octanol–water partition coefficient (Wildman–Crippen LogP) is 5.31. The molecule has 0 saturated carbocycles. The predicted molar refractivity (Wildman–Crippen MR) is 124 cm³/mol. The molecule has 2 aromatic rings. The first-order valence-corrected chi connectivity index (χ1v) is 12.0. The van der Waals surface area contributed by atoms with Crippen molar-refractivity contribution < 1.29 is 17.9 Å². The molecular weight excluding hydrogens is 483 g/mol. The van der Waals surface area contributed by atoms with Crippen LogP contribution in [0.4, 0.5) is 18.9 Å². The van der Waals surface area contributed by atoms with Crippen LogP contribution < -0.4 is 15.0 Å². The third kappa shape index (κ3) is 6.17. The van der Waals surface area contributed by atoms with E-state index in [1.165, 1.54) is 17.7 Å². The molecule has 0 spiro atoms. The minimum absolute atomic E-state index is 0.255. The van der Waals surface area contributed by atoms with Gasteiger partial charge < -0.3 is 15.0 Å². The van der Waals surface area contributed by atoms with Gasteiger partial charge in [0.2, 0.25) is 0 Å². The highest BCUT2D eigenvalue weighted by molar-refractivity contribution is 9.10. The zero-order valence-electron chi connectivity index (χ0n) is 18.0. The summed E-state index contributed by atoms with van der Waals surface area (Å²) in [5.74, 6) is 0.882. The molecule has 1 N–H and O–H groups in total. The number of alkyl halides is 3. The van der Waals surface area contributed by atoms with Crippen LogP contribution in [-0.2, 0) is 12.7 Å². The summed E-state index contributed by atoms with van der Waals surface area (Å²) in [7, 11) is 0. The highest BCUT2D eigenvalue weighted by Crippen LogP contribution is 2.32. The van der Waals surface area contributed by atoms with Gasteiger partial charge in [-0.15, -0.1) is 0 Å². The van der Waals surface area contributed by atoms with Gasteiger partial charge in [0.1, 0.15) is 11.9 Å². The summed E-state index contributed by atoms with van der Waals surface area (Å²) in [6, 6.07) is 11.9. The fraction of sp³-hybridized carbons (Fsp3) is 0.500. The number of anilines is 1. The Hall–Kier alpha value is -1.77. The van der Waals surface area contributed by atoms with Gasteiger partial charge in [0.25, 0.3) is 0 Å². The van der Waals surface area contributed by atoms with E-state index < -0.39 is 11.7 Å². The van der Waals surface area contributed by atoms with E-state index >= 15 is 0 Å². The van der Waals surface area contributed by atoms with E-state index in [4.69, 9.17) is 4.74 Å². The van der Waals surface area contributed by atoms with Gasteiger partial charge in [-0.1, -0.05) is 12.1 Å². The van der Waals surface area contributed by atoms with Crippen molar-refractivity contribution in [2.45, 2.75) is 38.1 Å². The summed E-state index contributed by atoms with van der Waals surface area (Å²) in [5.41, 5.74) is 1.25. The molecule has 2 aliphatic rings. The van der Waals surface area contributed by atoms with Crippen LogP contribution in [0.5, 0.6) is 5.75 Å². The first-order valence-electron chi connectivity index (χ1n) is 11.2. The molecule has 0 aromatic heterocycles. The average molecular weight is 512 g/mol. The summed E-state index contributed by atoms with van der Waals surface area (Å²) in [6.45, 7) is 5.98. The Morgan fingerprint density at radius 2 is 1.81 bits per heavy atom. The Morgan fingerprint density at radius 3 is 2.56 bits per heavy atom. The zero-order chi connectivity index (χ0) is 22.6. The smallest absolute Gasteiger partial charge is 0.416 e. The Kier molecular flexibility index (Phi) is 7.63. The lowest BCUT2D eigenvalue weighted by atomic mass is 10.1. The monoisotopic (exact) mass is 511 g/mol. The minimum atomic E-state index is -4.31. The van der Waals surface area contributed by atoms with Gasteiger partial charge in [-0.3, -0.25) is 4.90 Å². The van der Waals surface area contributed by atoms with E-state index in [0.717, 1.165) is 74.8 Å². The second kappa shape index (κ2) is 10.4. The lowest BCUT2D eigenvalue weighted by molar-refractivity contribution is -0.137. The van der Waals surface area contributed by atoms with Crippen molar-refractivity contribution in [1.29, 1.82) is 0 Å². The first kappa shape index (κ1) is 23.4. The SMILES string of the molecule is FC(F)(F)c1cccc(N2CCCN(Cc3ccc(OC4CCNCC4)c(Br)c3)CC2)c1. The lowest BCUT2D eigenvalue weighted by Crippen LogP contribution is -2.34. The number of ether oxygens (including phenoxy) is 1. The van der Waals surface area contributed by atoms with Crippen molar-refractivity contribution in [2.24, 2.45) is 0 Å². The molecule has 8 heteroatoms. The van der Waals surface area contributed by atoms with Crippen molar-refractivity contribution in [3.8, 4) is 5.75 Å². The normalized spacial score (nSPS) is 19.1. The minimum Gasteiger partial charge on any atom is -0.489 e. The number of piperidine rings is 1. The quantitative estimate of drug-likeness (QED) is 0.588. The maximum atomic E-state index is 13.1. The molecule has 174 valence electrons. The van der Waals surface area contributed by atoms with Crippen LogP contribution in [0.15, 0.2) is 46.9 Å². The average Bonchev–Trinajstić information content (AvgIpc) is 3.01. The van der Waals surface area contributed by atoms with Crippen LogP contribution in [0, 0.1) is 0 Å². The third-order valence-electron chi connectivity index (χ3n) is 6.11. The fourth-order valence-electron chi connectivity index (χ4n) is 4.36. The second-order valence-corrected chi connectivity index (χ2v) is 9.35. The van der Waals surface area contributed by atoms with Gasteiger partial charge in [0.15, 0.2) is 0 Å². The molecule has 2 saturated heterocycles. The topological polar surface area (TPSA) is 27.7 Å². The van der Waals surface area contributed by atoms with E-state index in [1.807, 2.05) is 6.07 Å². The van der Waals surface area contributed by atoms with Gasteiger partial charge in [-0.2, -0.15) is 13.2 Å². The summed E-state index contributed by atoms with van der Waals surface area (Å²) >= 11 is 3.66. The second-order valence-electron chi connectivity index (χ2n) is 8.50. The van der Waals surface area contributed by atoms with Crippen molar-refractivity contribution in [2.75, 3.05) is 44.2 Å². The van der Waals surface area contributed by atoms with E-state index in [0.29, 0.717) is 12.2 Å². The molecule has 0 atom stereocenters. The molecule has 0 unspecified atom stereocenters. The molecule has 0 aliphatic carbocycles. The summed E-state index contributed by atoms with van der Waals surface area (Å²) in [5, 5.41) is 3.35. The van der Waals surface area contributed by atoms with Gasteiger partial charge in [-0.05, 0) is 84.2 Å². The molecule has 4 nitrogen and oxygen atoms in total. The number of nitrogens with one attached hydrogen (secondary N) is 1. The van der Waals surface area contributed by atoms with Crippen molar-refractivity contribution in [1.82, 2.24) is 10.2 Å². The molecule has 4 rings (SSSR count). The molecule has 0 radical (unpaired) electrons. The molecule has 2 aliphatic heterocycles. The number of hydrogen-bond acceptors (Lipinski definition) is 4. The van der Waals surface area contributed by atoms with Gasteiger partial charge in [0.05, 0.1) is 10.0 Å². The Bertz CT molecular complexity index is 902. The zero-order valence-corrected chi connectivity index (χ0v) is 19.6. The van der Waals surface area contributed by atoms with Crippen molar-refractivity contribution >= 4 is 21.6 Å². The molecule has 0 bridgehead atoms. The van der Waals surface area contributed by atoms with Crippen molar-refractivity contribution in [3.63, 3.8) is 0 Å². The molecule has 2 fully saturated rings. The van der Waals surface area contributed by atoms with Crippen LogP contribution in [-0.4, -0.2) is 50.3 Å². The standard InChI is InChI=1S/C24H29BrF3N3O/c25-22-15-18(5-6-23(22)32-21-7-9-29-10-8-21)17-30-11-2-12-31(14-13-30)20-4-1-3-19(16-20)24(26,27)28/h1,3-6,15-16,21,29H,2,7-14,17H2. The Balaban J connectivity index is 1.34. The number of halogens is 4. The number of nitrogens with zero attached hydrogens (tertiary/aromatic N) is 2. The third-order valence-corrected chi connectivity index (χ3v) is 6.73. The number of benzene rings is 2. The number of rotatable bonds is 5. The highest BCUT2D eigenvalue weighted by atomic mass is 79.9. The van der Waals surface area contributed by atoms with Crippen LogP contribution in [0.2, 0.25) is 0 Å². The van der Waals surface area contributed by atoms with Gasteiger partial charge in [-0.25, -0.2) is 0 Å². The molecule has 0 amide bonds. The summed E-state index contributed by atoms with van der Waals surface area (Å²) in [4.78, 5) is 4.42. The van der Waals surface area contributed by atoms with Gasteiger partial charge in [0, 0.05) is 38.4 Å². The maximum Gasteiger partial charge on any atom is 0.416 e. The van der Waals surface area contributed by atoms with E-state index in [9.17, 15) is 13.2 Å². The molecular formula is C24H29BrF3N3O. The molecule has 2 aromatic carbocycles. The molecule has 32 heavy (non-hydrogen) atoms. The van der Waals surface area contributed by atoms with Crippen molar-refractivity contribution in [3.05, 3.63) is 58.1 Å². The summed E-state index contributed by atoms with van der Waals surface area (Å²) in [6.07, 6.45) is -1.11. The van der Waals surface area contributed by atoms with Crippen LogP contribution in [0.1, 0.15) is 30.4 Å². The van der Waals surface area contributed by atoms with Crippen LogP contribution >= 0.6 is 15.9 Å². The van der Waals surface area contributed by atoms with E-state index in [1.54, 1.807) is 6.07 Å². The van der Waals surface area contributed by atoms with Crippen LogP contribution in [0.25, 0.3) is 0 Å². The first-order chi connectivity index (χ1) is 15.4. The van der Waals surface area contributed by atoms with E-state index in [2.05, 4.69) is 43.2 Å². The Labute approximate surface area is 195 Å². The van der Waals surface area contributed by atoms with Crippen LogP contribution in [0.3, 0.4) is 0 Å². The largest absolute Gasteiger partial charge is 0.489 e. The lowest BCUT2D eigenvalue weighted by Gasteiger charge is -2.25. The Morgan fingerprint density at radius 1 is 1.00 bits per heavy atom. The van der Waals surface area contributed by atoms with Gasteiger partial charge >= 0.3 is 6.18 Å². The maximum absolute atomic E-state index is 13.1. The fourth-order valence-corrected chi connectivity index (χ4v) is 4.88. The molecule has 2 heterocycles. The summed E-state index contributed by atoms with van der Waals surface area (Å²) < 4.78 is 46.3. The highest BCUT2D eigenvalue weighted by Gasteiger charge is 2.31. The van der Waals surface area contributed by atoms with E-state index in [-0.39, 0.29) is 6.10 Å². The number of hydrogen-bond donors (Lipinski definition) is 1.